The first-order valence-electron chi connectivity index (χ1n) is 9.98. The number of benzene rings is 3. The summed E-state index contributed by atoms with van der Waals surface area (Å²) >= 11 is -3.23. The van der Waals surface area contributed by atoms with E-state index < -0.39 is 18.4 Å². The Morgan fingerprint density at radius 2 is 0.741 bits per heavy atom. The molecule has 3 aromatic carbocycles. The Balaban J connectivity index is 2.31. The Morgan fingerprint density at radius 3 is 1.07 bits per heavy atom. The van der Waals surface area contributed by atoms with Crippen LogP contribution in [0.2, 0.25) is 6.86 Å². The van der Waals surface area contributed by atoms with Gasteiger partial charge in [0.25, 0.3) is 0 Å². The predicted molar refractivity (Wildman–Crippen MR) is 122 cm³/mol. The van der Waals surface area contributed by atoms with Gasteiger partial charge in [-0.25, -0.2) is 0 Å². The molecule has 0 unspecified atom stereocenters. The van der Waals surface area contributed by atoms with Crippen molar-refractivity contribution in [1.29, 1.82) is 0 Å². The third-order valence-corrected chi connectivity index (χ3v) is 26.4. The van der Waals surface area contributed by atoms with Gasteiger partial charge in [-0.15, -0.1) is 0 Å². The maximum atomic E-state index is 2.50. The summed E-state index contributed by atoms with van der Waals surface area (Å²) in [6, 6.07) is 27.6. The molecule has 0 nitrogen and oxygen atoms in total. The zero-order valence-corrected chi connectivity index (χ0v) is 20.3. The maximum absolute atomic E-state index is 3.23. The number of hydrogen-bond donors (Lipinski definition) is 0. The van der Waals surface area contributed by atoms with Gasteiger partial charge in [0, 0.05) is 0 Å². The van der Waals surface area contributed by atoms with Crippen molar-refractivity contribution < 1.29 is 0 Å². The molecule has 1 heterocycles. The third kappa shape index (κ3) is 2.56. The summed E-state index contributed by atoms with van der Waals surface area (Å²) in [6.07, 6.45) is 0. The van der Waals surface area contributed by atoms with Crippen LogP contribution in [0.3, 0.4) is 0 Å². The van der Waals surface area contributed by atoms with Gasteiger partial charge in [-0.2, -0.15) is 0 Å². The van der Waals surface area contributed by atoms with E-state index in [2.05, 4.69) is 114 Å². The molecular weight excluding hydrogens is 431 g/mol. The van der Waals surface area contributed by atoms with Crippen LogP contribution in [0.4, 0.5) is 0 Å². The predicted octanol–water partition coefficient (Wildman–Crippen LogP) is 6.50. The number of rotatable bonds is 0. The molecule has 0 aromatic heterocycles. The molecule has 1 aliphatic rings. The standard InChI is InChI=1S/C18H12.2C4H9.Sn/c1-3-9-15(10-4-1)17-13-7-8-14-18(17)16-11-5-2-6-12-16;2*1-4(2)3;/h1-9,11,13-14H;2*1-3H3;. The molecule has 27 heavy (non-hydrogen) atoms. The zero-order chi connectivity index (χ0) is 19.4. The Hall–Kier alpha value is -1.54. The van der Waals surface area contributed by atoms with Gasteiger partial charge in [-0.3, -0.25) is 0 Å². The SMILES string of the molecule is C[C](C)(C)[Sn]1([C](C)(C)C)[c]2ccccc2-c2ccccc2-c2cccc[c]21. The van der Waals surface area contributed by atoms with Crippen LogP contribution in [0, 0.1) is 0 Å². The third-order valence-electron chi connectivity index (χ3n) is 6.42. The van der Waals surface area contributed by atoms with Gasteiger partial charge in [-0.05, 0) is 0 Å². The van der Waals surface area contributed by atoms with Crippen molar-refractivity contribution in [2.75, 3.05) is 0 Å². The summed E-state index contributed by atoms with van der Waals surface area (Å²) in [5, 5.41) is 0. The van der Waals surface area contributed by atoms with Crippen LogP contribution in [0.15, 0.2) is 72.8 Å². The Morgan fingerprint density at radius 1 is 0.444 bits per heavy atom. The molecule has 1 aliphatic heterocycles. The van der Waals surface area contributed by atoms with Crippen molar-refractivity contribution in [1.82, 2.24) is 0 Å². The fourth-order valence-corrected chi connectivity index (χ4v) is 27.9. The van der Waals surface area contributed by atoms with Crippen molar-refractivity contribution >= 4 is 25.5 Å². The average molecular weight is 461 g/mol. The van der Waals surface area contributed by atoms with Crippen molar-refractivity contribution in [3.8, 4) is 22.3 Å². The van der Waals surface area contributed by atoms with E-state index in [0.717, 1.165) is 0 Å². The van der Waals surface area contributed by atoms with E-state index in [1.54, 1.807) is 7.16 Å². The van der Waals surface area contributed by atoms with Gasteiger partial charge in [0.15, 0.2) is 0 Å². The van der Waals surface area contributed by atoms with Gasteiger partial charge in [0.05, 0.1) is 0 Å². The molecular formula is C26H30Sn. The second-order valence-electron chi connectivity index (χ2n) is 9.89. The van der Waals surface area contributed by atoms with E-state index in [1.165, 1.54) is 22.3 Å². The van der Waals surface area contributed by atoms with Crippen LogP contribution >= 0.6 is 0 Å². The molecule has 0 aliphatic carbocycles. The van der Waals surface area contributed by atoms with Gasteiger partial charge in [0.1, 0.15) is 0 Å². The minimum atomic E-state index is -3.23. The summed E-state index contributed by atoms with van der Waals surface area (Å²) < 4.78 is 3.82. The molecule has 1 heteroatoms. The van der Waals surface area contributed by atoms with Crippen molar-refractivity contribution in [3.05, 3.63) is 72.8 Å². The summed E-state index contributed by atoms with van der Waals surface area (Å²) in [5.74, 6) is 0. The van der Waals surface area contributed by atoms with Crippen molar-refractivity contribution in [2.24, 2.45) is 0 Å². The van der Waals surface area contributed by atoms with Crippen LogP contribution in [0.25, 0.3) is 22.3 Å². The zero-order valence-electron chi connectivity index (χ0n) is 17.4. The van der Waals surface area contributed by atoms with Crippen LogP contribution in [-0.4, -0.2) is 18.4 Å². The molecule has 138 valence electrons. The van der Waals surface area contributed by atoms with Crippen molar-refractivity contribution in [2.45, 2.75) is 48.4 Å². The average Bonchev–Trinajstić information content (AvgIpc) is 2.72. The first kappa shape index (κ1) is 18.8. The summed E-state index contributed by atoms with van der Waals surface area (Å²) in [4.78, 5) is 0. The second-order valence-corrected chi connectivity index (χ2v) is 25.8. The molecule has 3 aromatic rings. The molecule has 0 fully saturated rings. The molecule has 0 N–H and O–H groups in total. The van der Waals surface area contributed by atoms with E-state index in [1.807, 2.05) is 0 Å². The van der Waals surface area contributed by atoms with E-state index in [0.29, 0.717) is 0 Å². The number of fused-ring (bicyclic) bond motifs is 5. The molecule has 0 saturated heterocycles. The molecule has 0 bridgehead atoms. The summed E-state index contributed by atoms with van der Waals surface area (Å²) in [5.41, 5.74) is 5.72. The second kappa shape index (κ2) is 6.24. The fraction of sp³-hybridized carbons (Fsp3) is 0.308. The van der Waals surface area contributed by atoms with E-state index in [9.17, 15) is 0 Å². The molecule has 4 rings (SSSR count). The molecule has 0 radical (unpaired) electrons. The molecule has 0 amide bonds. The molecule has 0 spiro atoms. The molecule has 0 atom stereocenters. The van der Waals surface area contributed by atoms with Gasteiger partial charge in [0.2, 0.25) is 0 Å². The Kier molecular flexibility index (Phi) is 4.34. The van der Waals surface area contributed by atoms with E-state index in [4.69, 9.17) is 0 Å². The minimum absolute atomic E-state index is 0.251. The first-order chi connectivity index (χ1) is 12.7. The fourth-order valence-electron chi connectivity index (χ4n) is 5.93. The molecule has 0 saturated carbocycles. The van der Waals surface area contributed by atoms with Crippen molar-refractivity contribution in [3.63, 3.8) is 0 Å². The summed E-state index contributed by atoms with van der Waals surface area (Å²) in [6.45, 7) is 15.0. The number of hydrogen-bond acceptors (Lipinski definition) is 0. The quantitative estimate of drug-likeness (QED) is 0.336. The topological polar surface area (TPSA) is 0 Å². The van der Waals surface area contributed by atoms with Gasteiger partial charge in [-0.1, -0.05) is 0 Å². The van der Waals surface area contributed by atoms with Crippen LogP contribution in [-0.2, 0) is 0 Å². The van der Waals surface area contributed by atoms with E-state index >= 15 is 0 Å². The summed E-state index contributed by atoms with van der Waals surface area (Å²) in [7, 11) is 0. The van der Waals surface area contributed by atoms with Gasteiger partial charge >= 0.3 is 169 Å². The Bertz CT molecular complexity index is 916. The van der Waals surface area contributed by atoms with Crippen LogP contribution in [0.5, 0.6) is 0 Å². The monoisotopic (exact) mass is 462 g/mol. The Labute approximate surface area is 168 Å². The normalized spacial score (nSPS) is 15.3. The van der Waals surface area contributed by atoms with E-state index in [-0.39, 0.29) is 6.86 Å². The van der Waals surface area contributed by atoms with Crippen LogP contribution < -0.4 is 7.16 Å². The van der Waals surface area contributed by atoms with Gasteiger partial charge < -0.3 is 0 Å². The van der Waals surface area contributed by atoms with Crippen LogP contribution in [0.1, 0.15) is 41.5 Å². The first-order valence-corrected chi connectivity index (χ1v) is 15.7.